The first-order chi connectivity index (χ1) is 19.7. The maximum Gasteiger partial charge on any atom is 0.238 e. The van der Waals surface area contributed by atoms with Crippen molar-refractivity contribution in [1.82, 2.24) is 0 Å². The second-order valence-corrected chi connectivity index (χ2v) is 11.6. The van der Waals surface area contributed by atoms with Gasteiger partial charge in [0.2, 0.25) is 11.8 Å². The summed E-state index contributed by atoms with van der Waals surface area (Å²) in [6, 6.07) is 12.4. The molecular formula is C33H28BrNO6. The minimum absolute atomic E-state index is 0.00903. The number of methoxy groups -OCH3 is 1. The number of amides is 2. The van der Waals surface area contributed by atoms with Crippen LogP contribution in [-0.4, -0.2) is 35.6 Å². The number of phenolic OH excluding ortho intramolecular Hbond substituents is 1. The van der Waals surface area contributed by atoms with Crippen LogP contribution in [0.3, 0.4) is 0 Å². The van der Waals surface area contributed by atoms with Crippen molar-refractivity contribution in [2.24, 2.45) is 23.7 Å². The highest BCUT2D eigenvalue weighted by atomic mass is 79.9. The van der Waals surface area contributed by atoms with Crippen LogP contribution in [0.15, 0.2) is 81.9 Å². The summed E-state index contributed by atoms with van der Waals surface area (Å²) in [6.45, 7) is 2.04. The molecular weight excluding hydrogens is 586 g/mol. The van der Waals surface area contributed by atoms with E-state index in [2.05, 4.69) is 15.9 Å². The zero-order valence-corrected chi connectivity index (χ0v) is 24.2. The molecule has 2 aromatic rings. The Labute approximate surface area is 246 Å². The second-order valence-electron chi connectivity index (χ2n) is 10.8. The highest BCUT2D eigenvalue weighted by molar-refractivity contribution is 9.12. The molecule has 2 aromatic carbocycles. The molecule has 1 fully saturated rings. The van der Waals surface area contributed by atoms with E-state index in [1.807, 2.05) is 49.4 Å². The molecule has 4 atom stereocenters. The van der Waals surface area contributed by atoms with Crippen molar-refractivity contribution in [3.8, 4) is 11.5 Å². The summed E-state index contributed by atoms with van der Waals surface area (Å²) >= 11 is 3.25. The number of carbonyl (C=O) groups excluding carboxylic acids is 4. The van der Waals surface area contributed by atoms with E-state index >= 15 is 0 Å². The number of ether oxygens (including phenoxy) is 1. The summed E-state index contributed by atoms with van der Waals surface area (Å²) in [5.74, 6) is -2.79. The number of hydrogen-bond donors (Lipinski definition) is 1. The fraction of sp³-hybridized carbons (Fsp3) is 0.273. The van der Waals surface area contributed by atoms with Gasteiger partial charge in [0.25, 0.3) is 0 Å². The topological polar surface area (TPSA) is 101 Å². The van der Waals surface area contributed by atoms with Gasteiger partial charge in [-0.25, -0.2) is 0 Å². The number of allylic oxidation sites excluding steroid dienone is 7. The number of carbonyl (C=O) groups is 4. The van der Waals surface area contributed by atoms with Gasteiger partial charge in [-0.1, -0.05) is 48.9 Å². The van der Waals surface area contributed by atoms with Gasteiger partial charge in [0, 0.05) is 23.1 Å². The molecule has 4 unspecified atom stereocenters. The number of aryl methyl sites for hydroxylation is 1. The second kappa shape index (κ2) is 10.4. The number of aromatic hydroxyl groups is 1. The van der Waals surface area contributed by atoms with Gasteiger partial charge in [-0.2, -0.15) is 0 Å². The van der Waals surface area contributed by atoms with Crippen molar-refractivity contribution < 1.29 is 29.0 Å². The molecule has 0 spiro atoms. The molecule has 4 aliphatic rings. The number of anilines is 1. The number of ketones is 2. The van der Waals surface area contributed by atoms with Crippen LogP contribution >= 0.6 is 15.9 Å². The first-order valence-electron chi connectivity index (χ1n) is 13.6. The van der Waals surface area contributed by atoms with Gasteiger partial charge in [0.1, 0.15) is 0 Å². The van der Waals surface area contributed by atoms with E-state index in [1.165, 1.54) is 24.2 Å². The van der Waals surface area contributed by atoms with E-state index in [0.717, 1.165) is 23.1 Å². The predicted octanol–water partition coefficient (Wildman–Crippen LogP) is 5.48. The van der Waals surface area contributed by atoms with Crippen LogP contribution in [0.1, 0.15) is 30.9 Å². The van der Waals surface area contributed by atoms with Crippen molar-refractivity contribution in [3.63, 3.8) is 0 Å². The molecule has 0 radical (unpaired) electrons. The fourth-order valence-corrected chi connectivity index (χ4v) is 7.07. The maximum absolute atomic E-state index is 14.0. The average Bonchev–Trinajstić information content (AvgIpc) is 3.24. The molecule has 8 heteroatoms. The molecule has 6 rings (SSSR count). The molecule has 2 amide bonds. The Balaban J connectivity index is 1.41. The van der Waals surface area contributed by atoms with Gasteiger partial charge in [0.05, 0.1) is 29.1 Å². The third-order valence-corrected chi connectivity index (χ3v) is 9.26. The minimum atomic E-state index is -0.625. The van der Waals surface area contributed by atoms with Crippen LogP contribution in [-0.2, 0) is 25.6 Å². The third-order valence-electron chi connectivity index (χ3n) is 8.67. The SMILES string of the molecule is CCc1ccc(N2C(=O)C3CC=C4C(C=Cc5ccc(O)c(OC)c5)C5=C(CC4C3C2=O)C(=O)C(Br)=CC5=O)cc1. The quantitative estimate of drug-likeness (QED) is 0.272. The summed E-state index contributed by atoms with van der Waals surface area (Å²) < 4.78 is 5.42. The van der Waals surface area contributed by atoms with Crippen LogP contribution in [0, 0.1) is 23.7 Å². The van der Waals surface area contributed by atoms with Crippen molar-refractivity contribution in [2.75, 3.05) is 12.0 Å². The van der Waals surface area contributed by atoms with Gasteiger partial charge in [-0.15, -0.1) is 0 Å². The highest BCUT2D eigenvalue weighted by Gasteiger charge is 2.56. The van der Waals surface area contributed by atoms with E-state index in [1.54, 1.807) is 12.1 Å². The Hall–Kier alpha value is -4.04. The van der Waals surface area contributed by atoms with Crippen LogP contribution in [0.2, 0.25) is 0 Å². The van der Waals surface area contributed by atoms with Gasteiger partial charge >= 0.3 is 0 Å². The normalized spacial score (nSPS) is 25.7. The number of fused-ring (bicyclic) bond motifs is 3. The summed E-state index contributed by atoms with van der Waals surface area (Å²) in [5, 5.41) is 9.99. The number of hydrogen-bond acceptors (Lipinski definition) is 6. The van der Waals surface area contributed by atoms with Gasteiger partial charge in [0.15, 0.2) is 23.1 Å². The van der Waals surface area contributed by atoms with Crippen LogP contribution in [0.5, 0.6) is 11.5 Å². The van der Waals surface area contributed by atoms with Crippen molar-refractivity contribution in [2.45, 2.75) is 26.2 Å². The average molecular weight is 614 g/mol. The lowest BCUT2D eigenvalue weighted by Crippen LogP contribution is -2.40. The number of Topliss-reactive ketones (excluding diaryl/α,β-unsaturated/α-hetero) is 1. The molecule has 1 heterocycles. The van der Waals surface area contributed by atoms with E-state index in [-0.39, 0.29) is 40.0 Å². The number of nitrogens with zero attached hydrogens (tertiary/aromatic N) is 1. The zero-order chi connectivity index (χ0) is 29.0. The standard InChI is InChI=1S/C33H28BrNO6/c1-3-17-4-8-19(9-5-17)35-32(39)22-12-11-20-21(10-6-18-7-13-26(36)28(14-18)41-2)29-24(15-23(20)30(22)33(35)40)31(38)25(34)16-27(29)37/h4-11,13-14,16,21-23,30,36H,3,12,15H2,1-2H3. The lowest BCUT2D eigenvalue weighted by atomic mass is 9.61. The number of benzene rings is 2. The molecule has 1 saturated heterocycles. The van der Waals surface area contributed by atoms with E-state index in [0.29, 0.717) is 29.0 Å². The minimum Gasteiger partial charge on any atom is -0.504 e. The lowest BCUT2D eigenvalue weighted by Gasteiger charge is -2.41. The Kier molecular flexibility index (Phi) is 6.90. The van der Waals surface area contributed by atoms with E-state index < -0.39 is 23.7 Å². The van der Waals surface area contributed by atoms with Crippen LogP contribution < -0.4 is 9.64 Å². The molecule has 1 aliphatic heterocycles. The smallest absolute Gasteiger partial charge is 0.238 e. The fourth-order valence-electron chi connectivity index (χ4n) is 6.62. The zero-order valence-electron chi connectivity index (χ0n) is 22.6. The molecule has 208 valence electrons. The number of phenols is 1. The Morgan fingerprint density at radius 3 is 2.51 bits per heavy atom. The number of halogens is 1. The first kappa shape index (κ1) is 27.1. The monoisotopic (exact) mass is 613 g/mol. The van der Waals surface area contributed by atoms with E-state index in [9.17, 15) is 24.3 Å². The lowest BCUT2D eigenvalue weighted by molar-refractivity contribution is -0.123. The largest absolute Gasteiger partial charge is 0.504 e. The molecule has 0 aromatic heterocycles. The third kappa shape index (κ3) is 4.41. The van der Waals surface area contributed by atoms with Gasteiger partial charge < -0.3 is 9.84 Å². The molecule has 3 aliphatic carbocycles. The Morgan fingerprint density at radius 1 is 1.05 bits per heavy atom. The summed E-state index contributed by atoms with van der Waals surface area (Å²) in [6.07, 6.45) is 8.43. The van der Waals surface area contributed by atoms with Crippen molar-refractivity contribution in [1.29, 1.82) is 0 Å². The predicted molar refractivity (Wildman–Crippen MR) is 157 cm³/mol. The Bertz CT molecular complexity index is 1630. The van der Waals surface area contributed by atoms with Crippen molar-refractivity contribution in [3.05, 3.63) is 93.0 Å². The summed E-state index contributed by atoms with van der Waals surface area (Å²) in [7, 11) is 1.46. The number of imide groups is 1. The highest BCUT2D eigenvalue weighted by Crippen LogP contribution is 2.53. The Morgan fingerprint density at radius 2 is 1.80 bits per heavy atom. The number of rotatable bonds is 5. The summed E-state index contributed by atoms with van der Waals surface area (Å²) in [5.41, 5.74) is 4.07. The molecule has 1 N–H and O–H groups in total. The molecule has 0 bridgehead atoms. The first-order valence-corrected chi connectivity index (χ1v) is 14.4. The van der Waals surface area contributed by atoms with Gasteiger partial charge in [-0.05, 0) is 76.5 Å². The van der Waals surface area contributed by atoms with Gasteiger partial charge in [-0.3, -0.25) is 24.1 Å². The van der Waals surface area contributed by atoms with Crippen LogP contribution in [0.25, 0.3) is 6.08 Å². The molecule has 7 nitrogen and oxygen atoms in total. The molecule has 0 saturated carbocycles. The molecule has 41 heavy (non-hydrogen) atoms. The van der Waals surface area contributed by atoms with E-state index in [4.69, 9.17) is 4.74 Å². The summed E-state index contributed by atoms with van der Waals surface area (Å²) in [4.78, 5) is 55.5. The maximum atomic E-state index is 14.0. The van der Waals surface area contributed by atoms with Crippen molar-refractivity contribution >= 4 is 51.1 Å². The van der Waals surface area contributed by atoms with Crippen LogP contribution in [0.4, 0.5) is 5.69 Å².